The lowest BCUT2D eigenvalue weighted by Crippen LogP contribution is -2.47. The van der Waals surface area contributed by atoms with Crippen molar-refractivity contribution < 1.29 is 0 Å². The topological polar surface area (TPSA) is 19.4 Å². The van der Waals surface area contributed by atoms with E-state index in [0.29, 0.717) is 0 Å². The highest BCUT2D eigenvalue weighted by atomic mass is 31.2. The Kier molecular flexibility index (Phi) is 20.0. The van der Waals surface area contributed by atoms with Gasteiger partial charge in [-0.2, -0.15) is 0 Å². The van der Waals surface area contributed by atoms with Gasteiger partial charge in [-0.3, -0.25) is 0 Å². The van der Waals surface area contributed by atoms with Gasteiger partial charge in [0.05, 0.1) is 0 Å². The van der Waals surface area contributed by atoms with Crippen molar-refractivity contribution in [1.29, 1.82) is 0 Å². The molecule has 0 bridgehead atoms. The Labute approximate surface area is 230 Å². The van der Waals surface area contributed by atoms with Crippen molar-refractivity contribution in [2.24, 2.45) is 0 Å². The second kappa shape index (κ2) is 19.6. The Morgan fingerprint density at radius 1 is 0.278 bits per heavy atom. The van der Waals surface area contributed by atoms with Crippen molar-refractivity contribution in [2.75, 3.05) is 90.9 Å². The second-order valence-corrected chi connectivity index (χ2v) is 16.4. The molecule has 6 nitrogen and oxygen atoms in total. The maximum atomic E-state index is 2.86. The van der Waals surface area contributed by atoms with Crippen LogP contribution in [0.3, 0.4) is 0 Å². The predicted molar refractivity (Wildman–Crippen MR) is 170 cm³/mol. The molecule has 36 heavy (non-hydrogen) atoms. The minimum atomic E-state index is -1.55. The van der Waals surface area contributed by atoms with Gasteiger partial charge in [-0.25, -0.2) is 0 Å². The summed E-state index contributed by atoms with van der Waals surface area (Å²) in [5.74, 6) is 0. The van der Waals surface area contributed by atoms with Crippen molar-refractivity contribution in [2.45, 2.75) is 95.9 Å². The van der Waals surface area contributed by atoms with E-state index in [-0.39, 0.29) is 0 Å². The maximum Gasteiger partial charge on any atom is 0.227 e. The van der Waals surface area contributed by atoms with Gasteiger partial charge in [0.25, 0.3) is 0 Å². The summed E-state index contributed by atoms with van der Waals surface area (Å²) in [6, 6.07) is 0. The normalized spacial score (nSPS) is 13.5. The fourth-order valence-corrected chi connectivity index (χ4v) is 17.2. The SMILES string of the molecule is CCN(CC)[P+](CCCC[P+](N(CC)CC)(N(CC)CC)N(CC)CC)(N(CC)CC)N(CC)CC. The van der Waals surface area contributed by atoms with Gasteiger partial charge in [0, 0.05) is 78.5 Å². The largest absolute Gasteiger partial charge is 0.227 e. The fraction of sp³-hybridized carbons (Fsp3) is 1.00. The van der Waals surface area contributed by atoms with Gasteiger partial charge in [-0.1, -0.05) is 0 Å². The van der Waals surface area contributed by atoms with E-state index in [2.05, 4.69) is 111 Å². The van der Waals surface area contributed by atoms with Crippen LogP contribution in [0.1, 0.15) is 95.9 Å². The first-order valence-corrected chi connectivity index (χ1v) is 19.3. The highest BCUT2D eigenvalue weighted by molar-refractivity contribution is 7.69. The van der Waals surface area contributed by atoms with Crippen molar-refractivity contribution in [1.82, 2.24) is 28.0 Å². The van der Waals surface area contributed by atoms with E-state index in [9.17, 15) is 0 Å². The molecule has 0 atom stereocenters. The molecule has 0 rings (SSSR count). The first kappa shape index (κ1) is 36.6. The fourth-order valence-electron chi connectivity index (χ4n) is 6.63. The molecule has 0 saturated heterocycles. The van der Waals surface area contributed by atoms with Crippen LogP contribution in [-0.4, -0.2) is 119 Å². The summed E-state index contributed by atoms with van der Waals surface area (Å²) in [7, 11) is -3.10. The molecule has 0 aromatic carbocycles. The smallest absolute Gasteiger partial charge is 0.149 e. The summed E-state index contributed by atoms with van der Waals surface area (Å²) < 4.78 is 17.1. The van der Waals surface area contributed by atoms with Crippen molar-refractivity contribution >= 4 is 15.4 Å². The zero-order chi connectivity index (χ0) is 27.8. The maximum absolute atomic E-state index is 2.86. The van der Waals surface area contributed by atoms with Gasteiger partial charge in [0.2, 0.25) is 15.4 Å². The van der Waals surface area contributed by atoms with Gasteiger partial charge in [0.1, 0.15) is 12.3 Å². The predicted octanol–water partition coefficient (Wildman–Crippen LogP) is 7.34. The highest BCUT2D eigenvalue weighted by Crippen LogP contribution is 2.69. The minimum Gasteiger partial charge on any atom is -0.149 e. The lowest BCUT2D eigenvalue weighted by molar-refractivity contribution is 0.323. The Morgan fingerprint density at radius 3 is 0.528 bits per heavy atom. The molecular weight excluding hydrogens is 482 g/mol. The zero-order valence-electron chi connectivity index (χ0n) is 26.9. The molecule has 218 valence electrons. The number of rotatable bonds is 23. The molecule has 0 N–H and O–H groups in total. The third kappa shape index (κ3) is 8.07. The molecule has 0 heterocycles. The average molecular weight is 551 g/mol. The Balaban J connectivity index is 6.35. The number of unbranched alkanes of at least 4 members (excludes halogenated alkanes) is 1. The summed E-state index contributed by atoms with van der Waals surface area (Å²) >= 11 is 0. The van der Waals surface area contributed by atoms with Crippen molar-refractivity contribution in [3.05, 3.63) is 0 Å². The quantitative estimate of drug-likeness (QED) is 0.0972. The van der Waals surface area contributed by atoms with Crippen LogP contribution in [0.2, 0.25) is 0 Å². The van der Waals surface area contributed by atoms with E-state index in [0.717, 1.165) is 78.5 Å². The van der Waals surface area contributed by atoms with Crippen LogP contribution in [0.5, 0.6) is 0 Å². The molecule has 0 spiro atoms. The van der Waals surface area contributed by atoms with E-state index in [1.807, 2.05) is 0 Å². The molecule has 8 heteroatoms. The van der Waals surface area contributed by atoms with Gasteiger partial charge in [-0.05, 0) is 95.9 Å². The van der Waals surface area contributed by atoms with E-state index >= 15 is 0 Å². The van der Waals surface area contributed by atoms with E-state index < -0.39 is 15.4 Å². The molecule has 0 aliphatic rings. The third-order valence-corrected chi connectivity index (χ3v) is 18.9. The minimum absolute atomic E-state index is 1.15. The molecule has 0 aliphatic carbocycles. The summed E-state index contributed by atoms with van der Waals surface area (Å²) in [6.07, 6.45) is 5.30. The van der Waals surface area contributed by atoms with Gasteiger partial charge in [-0.15, -0.1) is 28.0 Å². The van der Waals surface area contributed by atoms with E-state index in [1.165, 1.54) is 25.2 Å². The molecule has 0 amide bonds. The molecule has 0 aromatic heterocycles. The van der Waals surface area contributed by atoms with Gasteiger partial charge in [0.15, 0.2) is 0 Å². The van der Waals surface area contributed by atoms with Gasteiger partial charge < -0.3 is 0 Å². The molecule has 0 fully saturated rings. The number of nitrogens with zero attached hydrogens (tertiary/aromatic N) is 6. The monoisotopic (exact) mass is 550 g/mol. The van der Waals surface area contributed by atoms with E-state index in [1.54, 1.807) is 0 Å². The van der Waals surface area contributed by atoms with Crippen LogP contribution < -0.4 is 0 Å². The zero-order valence-corrected chi connectivity index (χ0v) is 28.7. The third-order valence-electron chi connectivity index (χ3n) is 8.26. The van der Waals surface area contributed by atoms with Crippen molar-refractivity contribution in [3.8, 4) is 0 Å². The molecule has 0 saturated carbocycles. The lowest BCUT2D eigenvalue weighted by Gasteiger charge is -2.48. The molecule has 0 radical (unpaired) electrons. The Morgan fingerprint density at radius 2 is 0.417 bits per heavy atom. The summed E-state index contributed by atoms with van der Waals surface area (Å²) in [5, 5.41) is 0. The van der Waals surface area contributed by atoms with Crippen molar-refractivity contribution in [3.63, 3.8) is 0 Å². The summed E-state index contributed by atoms with van der Waals surface area (Å²) in [4.78, 5) is 0. The second-order valence-electron chi connectivity index (χ2n) is 9.37. The molecule has 0 aliphatic heterocycles. The molecule has 0 unspecified atom stereocenters. The van der Waals surface area contributed by atoms with E-state index in [4.69, 9.17) is 0 Å². The van der Waals surface area contributed by atoms with Crippen LogP contribution in [-0.2, 0) is 0 Å². The number of hydrogen-bond donors (Lipinski definition) is 0. The highest BCUT2D eigenvalue weighted by Gasteiger charge is 2.55. The van der Waals surface area contributed by atoms with Crippen LogP contribution in [0, 0.1) is 0 Å². The molecular formula is C28H68N6P2+2. The first-order valence-electron chi connectivity index (χ1n) is 15.6. The lowest BCUT2D eigenvalue weighted by atomic mass is 10.4. The number of hydrogen-bond acceptors (Lipinski definition) is 6. The Bertz CT molecular complexity index is 406. The summed E-state index contributed by atoms with van der Waals surface area (Å²) in [5.41, 5.74) is 0. The van der Waals surface area contributed by atoms with Crippen LogP contribution in [0.15, 0.2) is 0 Å². The Hall–Kier alpha value is 0.620. The molecule has 0 aromatic rings. The average Bonchev–Trinajstić information content (AvgIpc) is 2.90. The summed E-state index contributed by atoms with van der Waals surface area (Å²) in [6.45, 7) is 42.3. The van der Waals surface area contributed by atoms with Gasteiger partial charge >= 0.3 is 0 Å². The standard InChI is InChI=1S/C28H68N6P2/c1-13-29(14-2)35(30(15-3)16-4,31(17-5)18-6)27-25-26-28-36(32(19-7)20-8,33(21-9)22-10)34(23-11)24-12/h13-28H2,1-12H3/q+2. The van der Waals surface area contributed by atoms with Crippen LogP contribution in [0.25, 0.3) is 0 Å². The first-order chi connectivity index (χ1) is 17.3. The van der Waals surface area contributed by atoms with Crippen LogP contribution in [0.4, 0.5) is 0 Å². The van der Waals surface area contributed by atoms with Crippen LogP contribution >= 0.6 is 15.4 Å².